The molecule has 7 aromatic carbocycles. The van der Waals surface area contributed by atoms with E-state index < -0.39 is 11.3 Å². The average molecular weight is 1100 g/mol. The summed E-state index contributed by atoms with van der Waals surface area (Å²) in [7, 11) is 0. The van der Waals surface area contributed by atoms with E-state index in [2.05, 4.69) is 129 Å². The number of fused-ring (bicyclic) bond motifs is 7. The molecule has 71 heavy (non-hydrogen) atoms. The fraction of sp³-hybridized carbons (Fsp3) is 0.0952. The molecule has 0 N–H and O–H groups in total. The van der Waals surface area contributed by atoms with Gasteiger partial charge in [0.2, 0.25) is 0 Å². The van der Waals surface area contributed by atoms with Crippen LogP contribution in [0.4, 0.5) is 0 Å². The fourth-order valence-corrected chi connectivity index (χ4v) is 9.95. The second kappa shape index (κ2) is 19.0. The molecule has 0 unspecified atom stereocenters. The van der Waals surface area contributed by atoms with Crippen LogP contribution < -0.4 is 11.3 Å². The van der Waals surface area contributed by atoms with Crippen LogP contribution in [0.25, 0.3) is 99.2 Å². The summed E-state index contributed by atoms with van der Waals surface area (Å²) in [5.41, 5.74) is 16.0. The number of hydrogen-bond donors (Lipinski definition) is 0. The molecule has 0 atom stereocenters. The van der Waals surface area contributed by atoms with Crippen molar-refractivity contribution in [3.63, 3.8) is 0 Å². The Kier molecular flexibility index (Phi) is 12.1. The number of aryl methyl sites for hydroxylation is 6. The third-order valence-electron chi connectivity index (χ3n) is 13.2. The van der Waals surface area contributed by atoms with Crippen molar-refractivity contribution in [3.8, 4) is 44.6 Å². The van der Waals surface area contributed by atoms with E-state index in [1.54, 1.807) is 36.4 Å². The van der Waals surface area contributed by atoms with Gasteiger partial charge in [-0.2, -0.15) is 0 Å². The summed E-state index contributed by atoms with van der Waals surface area (Å²) in [6.45, 7) is 4.19. The maximum atomic E-state index is 13.2. The topological polar surface area (TPSA) is 99.1 Å². The molecular formula is C63H42IrN3O4. The zero-order chi connectivity index (χ0) is 47.3. The van der Waals surface area contributed by atoms with Gasteiger partial charge in [-0.1, -0.05) is 122 Å². The molecule has 0 spiro atoms. The number of hydrogen-bond acceptors (Lipinski definition) is 7. The van der Waals surface area contributed by atoms with Crippen molar-refractivity contribution in [1.82, 2.24) is 15.0 Å². The molecule has 0 radical (unpaired) electrons. The number of rotatable bonds is 10. The minimum atomic E-state index is -0.414. The predicted octanol–water partition coefficient (Wildman–Crippen LogP) is 13.8. The normalized spacial score (nSPS) is 11.5. The van der Waals surface area contributed by atoms with E-state index in [1.807, 2.05) is 36.8 Å². The minimum absolute atomic E-state index is 0. The first-order valence-electron chi connectivity index (χ1n) is 23.5. The predicted molar refractivity (Wildman–Crippen MR) is 280 cm³/mol. The van der Waals surface area contributed by atoms with Crippen LogP contribution in [0.3, 0.4) is 0 Å². The van der Waals surface area contributed by atoms with E-state index in [1.165, 1.54) is 0 Å². The van der Waals surface area contributed by atoms with Crippen molar-refractivity contribution in [2.24, 2.45) is 0 Å². The molecule has 5 aromatic heterocycles. The van der Waals surface area contributed by atoms with E-state index in [9.17, 15) is 9.59 Å². The molecule has 0 aliphatic rings. The molecule has 7 nitrogen and oxygen atoms in total. The monoisotopic (exact) mass is 1100 g/mol. The SMILES string of the molecule is Cc1[c-]c(-c2ncc(-c3ccccc3-c3cc(CCc4cnc5c(c4)c(=O)oc4ccc[c-]c45)cc(CCc4cnc5c(c4)c(=O)oc4ccc[c-]c45)c3)c3cc(-c4ccccc4)ccc23)cc(C)c1.[Ir+3]. The van der Waals surface area contributed by atoms with Crippen LogP contribution in [0.15, 0.2) is 189 Å². The zero-order valence-corrected chi connectivity index (χ0v) is 41.2. The van der Waals surface area contributed by atoms with Crippen LogP contribution in [0.5, 0.6) is 0 Å². The van der Waals surface area contributed by atoms with Crippen LogP contribution >= 0.6 is 0 Å². The maximum absolute atomic E-state index is 13.2. The van der Waals surface area contributed by atoms with Crippen LogP contribution in [-0.4, -0.2) is 15.0 Å². The van der Waals surface area contributed by atoms with Gasteiger partial charge in [0.1, 0.15) is 0 Å². The van der Waals surface area contributed by atoms with Gasteiger partial charge in [0, 0.05) is 57.1 Å². The Morgan fingerprint density at radius 3 is 1.68 bits per heavy atom. The van der Waals surface area contributed by atoms with Crippen LogP contribution in [-0.2, 0) is 45.8 Å². The minimum Gasteiger partial charge on any atom is -0.472 e. The van der Waals surface area contributed by atoms with E-state index >= 15 is 0 Å². The third kappa shape index (κ3) is 8.78. The Labute approximate surface area is 422 Å². The summed E-state index contributed by atoms with van der Waals surface area (Å²) in [4.78, 5) is 41.1. The number of pyridine rings is 3. The van der Waals surface area contributed by atoms with Gasteiger partial charge in [0.25, 0.3) is 0 Å². The van der Waals surface area contributed by atoms with Crippen molar-refractivity contribution in [1.29, 1.82) is 0 Å². The molecule has 0 saturated heterocycles. The van der Waals surface area contributed by atoms with Crippen LogP contribution in [0, 0.1) is 32.0 Å². The van der Waals surface area contributed by atoms with Gasteiger partial charge in [-0.15, -0.1) is 83.4 Å². The molecule has 342 valence electrons. The summed E-state index contributed by atoms with van der Waals surface area (Å²) >= 11 is 0. The van der Waals surface area contributed by atoms with Crippen LogP contribution in [0.1, 0.15) is 33.4 Å². The summed E-state index contributed by atoms with van der Waals surface area (Å²) in [6.07, 6.45) is 8.40. The van der Waals surface area contributed by atoms with Gasteiger partial charge in [-0.25, -0.2) is 9.59 Å². The first-order valence-corrected chi connectivity index (χ1v) is 23.5. The molecule has 0 aliphatic heterocycles. The zero-order valence-electron chi connectivity index (χ0n) is 38.8. The second-order valence-corrected chi connectivity index (χ2v) is 18.1. The Morgan fingerprint density at radius 1 is 0.465 bits per heavy atom. The van der Waals surface area contributed by atoms with Crippen molar-refractivity contribution < 1.29 is 28.9 Å². The first-order chi connectivity index (χ1) is 34.3. The molecule has 12 aromatic rings. The van der Waals surface area contributed by atoms with Crippen molar-refractivity contribution in [2.45, 2.75) is 39.5 Å². The van der Waals surface area contributed by atoms with E-state index in [0.29, 0.717) is 69.4 Å². The van der Waals surface area contributed by atoms with E-state index in [-0.39, 0.29) is 20.1 Å². The fourth-order valence-electron chi connectivity index (χ4n) is 9.95. The molecule has 0 fully saturated rings. The third-order valence-corrected chi connectivity index (χ3v) is 13.2. The molecule has 5 heterocycles. The Bertz CT molecular complexity index is 3990. The smallest absolute Gasteiger partial charge is 0.472 e. The second-order valence-electron chi connectivity index (χ2n) is 18.1. The van der Waals surface area contributed by atoms with Gasteiger partial charge < -0.3 is 23.8 Å². The Balaban J connectivity index is 0.00000547. The molecule has 12 rings (SSSR count). The van der Waals surface area contributed by atoms with Gasteiger partial charge in [0.05, 0.1) is 0 Å². The Hall–Kier alpha value is -8.16. The van der Waals surface area contributed by atoms with Crippen molar-refractivity contribution in [2.75, 3.05) is 0 Å². The molecule has 0 amide bonds. The molecule has 0 bridgehead atoms. The van der Waals surface area contributed by atoms with Gasteiger partial charge in [-0.05, 0) is 98.3 Å². The summed E-state index contributed by atoms with van der Waals surface area (Å²) in [5.74, 6) is 0. The standard InChI is InChI=1S/C63H42N3O4.Ir/c1-38-26-39(2)28-47(27-38)59-50-25-24-45(44-12-4-3-5-13-44)34-53(50)56(37-66-59)49-15-7-6-14-48(49)46-30-40(20-22-42-32-54-60(64-35-42)51-16-8-10-18-57(51)69-62(54)67)29-41(31-46)21-23-43-33-55-61(65-36-43)52-17-9-11-19-58(52)70-63(55)68;/h3-15,18-19,24-27,29-37H,20-23H2,1-2H3;/q-3;+3. The summed E-state index contributed by atoms with van der Waals surface area (Å²) < 4.78 is 11.3. The van der Waals surface area contributed by atoms with E-state index in [4.69, 9.17) is 23.8 Å². The van der Waals surface area contributed by atoms with Gasteiger partial charge >= 0.3 is 31.4 Å². The molecule has 8 heteroatoms. The quantitative estimate of drug-likeness (QED) is 0.0764. The van der Waals surface area contributed by atoms with E-state index in [0.717, 1.165) is 88.8 Å². The first kappa shape index (κ1) is 45.3. The molecule has 0 aliphatic carbocycles. The van der Waals surface area contributed by atoms with Gasteiger partial charge in [-0.3, -0.25) is 0 Å². The van der Waals surface area contributed by atoms with Crippen molar-refractivity contribution >= 4 is 54.5 Å². The number of benzene rings is 7. The summed E-state index contributed by atoms with van der Waals surface area (Å²) in [5, 5.41) is 4.41. The number of nitrogens with zero attached hydrogens (tertiary/aromatic N) is 3. The average Bonchev–Trinajstić information content (AvgIpc) is 3.39. The largest absolute Gasteiger partial charge is 3.00 e. The van der Waals surface area contributed by atoms with Gasteiger partial charge in [0.15, 0.2) is 0 Å². The summed E-state index contributed by atoms with van der Waals surface area (Å²) in [6, 6.07) is 61.4. The number of aromatic nitrogens is 3. The Morgan fingerprint density at radius 2 is 1.06 bits per heavy atom. The maximum Gasteiger partial charge on any atom is 3.00 e. The van der Waals surface area contributed by atoms with Crippen LogP contribution in [0.2, 0.25) is 0 Å². The molecule has 0 saturated carbocycles. The molecular weight excluding hydrogens is 1050 g/mol. The van der Waals surface area contributed by atoms with Crippen molar-refractivity contribution in [3.05, 3.63) is 243 Å².